The first-order valence-electron chi connectivity index (χ1n) is 9.37. The van der Waals surface area contributed by atoms with Crippen molar-refractivity contribution in [3.8, 4) is 5.75 Å². The highest BCUT2D eigenvalue weighted by atomic mass is 32.2. The number of anilines is 1. The number of benzene rings is 2. The molecule has 3 rings (SSSR count). The predicted molar refractivity (Wildman–Crippen MR) is 112 cm³/mol. The zero-order valence-electron chi connectivity index (χ0n) is 16.5. The van der Waals surface area contributed by atoms with Gasteiger partial charge in [-0.05, 0) is 48.4 Å². The van der Waals surface area contributed by atoms with Crippen LogP contribution in [-0.2, 0) is 21.2 Å². The Balaban J connectivity index is 1.45. The first-order valence-corrected chi connectivity index (χ1v) is 10.9. The maximum atomic E-state index is 12.3. The molecule has 30 heavy (non-hydrogen) atoms. The molecule has 9 nitrogen and oxygen atoms in total. The fourth-order valence-corrected chi connectivity index (χ4v) is 3.73. The lowest BCUT2D eigenvalue weighted by Gasteiger charge is -2.17. The summed E-state index contributed by atoms with van der Waals surface area (Å²) in [5.41, 5.74) is 1.62. The van der Waals surface area contributed by atoms with Gasteiger partial charge in [0.15, 0.2) is 0 Å². The van der Waals surface area contributed by atoms with Gasteiger partial charge < -0.3 is 20.3 Å². The van der Waals surface area contributed by atoms with Gasteiger partial charge in [0.05, 0.1) is 18.0 Å². The van der Waals surface area contributed by atoms with E-state index < -0.39 is 10.0 Å². The number of methoxy groups -OCH3 is 1. The van der Waals surface area contributed by atoms with Gasteiger partial charge in [-0.15, -0.1) is 0 Å². The molecule has 0 aromatic heterocycles. The lowest BCUT2D eigenvalue weighted by Crippen LogP contribution is -2.43. The molecule has 0 aliphatic carbocycles. The van der Waals surface area contributed by atoms with Crippen LogP contribution in [0, 0.1) is 0 Å². The molecule has 2 aromatic carbocycles. The number of urea groups is 1. The fraction of sp³-hybridized carbons (Fsp3) is 0.300. The van der Waals surface area contributed by atoms with E-state index in [0.717, 1.165) is 11.3 Å². The summed E-state index contributed by atoms with van der Waals surface area (Å²) in [5, 5.41) is 10.6. The molecule has 1 aliphatic rings. The third-order valence-electron chi connectivity index (χ3n) is 4.80. The number of carbonyl (C=O) groups is 2. The van der Waals surface area contributed by atoms with Crippen LogP contribution in [0.2, 0.25) is 0 Å². The van der Waals surface area contributed by atoms with Crippen molar-refractivity contribution in [3.05, 3.63) is 54.1 Å². The molecule has 0 spiro atoms. The normalized spacial score (nSPS) is 16.4. The Kier molecular flexibility index (Phi) is 6.58. The van der Waals surface area contributed by atoms with Crippen LogP contribution in [0.15, 0.2) is 53.4 Å². The van der Waals surface area contributed by atoms with Crippen molar-refractivity contribution in [3.63, 3.8) is 0 Å². The first kappa shape index (κ1) is 21.6. The maximum absolute atomic E-state index is 12.3. The average Bonchev–Trinajstić information content (AvgIpc) is 3.07. The van der Waals surface area contributed by atoms with Gasteiger partial charge in [-0.1, -0.05) is 12.1 Å². The van der Waals surface area contributed by atoms with E-state index in [9.17, 15) is 18.0 Å². The molecule has 1 unspecified atom stereocenters. The number of nitrogens with one attached hydrogen (secondary N) is 2. The highest BCUT2D eigenvalue weighted by Crippen LogP contribution is 2.24. The van der Waals surface area contributed by atoms with Crippen LogP contribution in [0.5, 0.6) is 5.75 Å². The molecule has 3 amide bonds. The monoisotopic (exact) mass is 432 g/mol. The van der Waals surface area contributed by atoms with Crippen molar-refractivity contribution in [2.24, 2.45) is 5.14 Å². The molecule has 1 fully saturated rings. The topological polar surface area (TPSA) is 131 Å². The number of ether oxygens (including phenoxy) is 1. The van der Waals surface area contributed by atoms with Crippen molar-refractivity contribution in [1.29, 1.82) is 0 Å². The fourth-order valence-electron chi connectivity index (χ4n) is 3.22. The molecule has 1 saturated heterocycles. The van der Waals surface area contributed by atoms with E-state index in [1.807, 2.05) is 0 Å². The largest absolute Gasteiger partial charge is 0.497 e. The molecule has 4 N–H and O–H groups in total. The second-order valence-electron chi connectivity index (χ2n) is 6.94. The summed E-state index contributed by atoms with van der Waals surface area (Å²) < 4.78 is 27.6. The van der Waals surface area contributed by atoms with Gasteiger partial charge in [-0.25, -0.2) is 18.4 Å². The molecule has 0 saturated carbocycles. The number of sulfonamides is 1. The van der Waals surface area contributed by atoms with Crippen LogP contribution >= 0.6 is 0 Å². The smallest absolute Gasteiger partial charge is 0.315 e. The number of nitrogens with zero attached hydrogens (tertiary/aromatic N) is 1. The molecule has 10 heteroatoms. The van der Waals surface area contributed by atoms with Crippen molar-refractivity contribution >= 4 is 27.6 Å². The zero-order chi connectivity index (χ0) is 21.7. The number of primary sulfonamides is 1. The molecular formula is C20H24N4O5S. The minimum absolute atomic E-state index is 0.0456. The number of nitrogens with two attached hydrogens (primary N) is 1. The van der Waals surface area contributed by atoms with Gasteiger partial charge in [0.25, 0.3) is 0 Å². The van der Waals surface area contributed by atoms with Crippen LogP contribution in [0.1, 0.15) is 12.0 Å². The Morgan fingerprint density at radius 1 is 1.17 bits per heavy atom. The van der Waals surface area contributed by atoms with Gasteiger partial charge in [0.2, 0.25) is 15.9 Å². The highest BCUT2D eigenvalue weighted by molar-refractivity contribution is 7.89. The van der Waals surface area contributed by atoms with Gasteiger partial charge in [-0.3, -0.25) is 4.79 Å². The Morgan fingerprint density at radius 3 is 2.43 bits per heavy atom. The second-order valence-corrected chi connectivity index (χ2v) is 8.50. The maximum Gasteiger partial charge on any atom is 0.315 e. The summed E-state index contributed by atoms with van der Waals surface area (Å²) in [5.74, 6) is 0.652. The van der Waals surface area contributed by atoms with Crippen LogP contribution in [-0.4, -0.2) is 46.6 Å². The molecule has 1 aliphatic heterocycles. The van der Waals surface area contributed by atoms with E-state index in [2.05, 4.69) is 10.6 Å². The molecule has 0 bridgehead atoms. The summed E-state index contributed by atoms with van der Waals surface area (Å²) in [6.07, 6.45) is 0.758. The van der Waals surface area contributed by atoms with Gasteiger partial charge in [0.1, 0.15) is 5.75 Å². The Morgan fingerprint density at radius 2 is 1.83 bits per heavy atom. The van der Waals surface area contributed by atoms with Crippen LogP contribution in [0.25, 0.3) is 0 Å². The molecule has 160 valence electrons. The van der Waals surface area contributed by atoms with Crippen LogP contribution in [0.3, 0.4) is 0 Å². The number of carbonyl (C=O) groups excluding carboxylic acids is 2. The third-order valence-corrected chi connectivity index (χ3v) is 5.72. The molecule has 0 radical (unpaired) electrons. The van der Waals surface area contributed by atoms with E-state index >= 15 is 0 Å². The standard InChI is InChI=1S/C20H24N4O5S/c1-29-17-6-4-16(5-7-17)24-13-15(12-19(24)25)23-20(26)22-11-10-14-2-8-18(9-3-14)30(21,27)28/h2-9,15H,10-13H2,1H3,(H2,21,27,28)(H2,22,23,26). The quantitative estimate of drug-likeness (QED) is 0.601. The number of rotatable bonds is 7. The summed E-state index contributed by atoms with van der Waals surface area (Å²) in [6.45, 7) is 0.761. The summed E-state index contributed by atoms with van der Waals surface area (Å²) in [6, 6.07) is 12.7. The molecule has 2 aromatic rings. The van der Waals surface area contributed by atoms with E-state index in [1.54, 1.807) is 48.4 Å². The van der Waals surface area contributed by atoms with Crippen LogP contribution < -0.4 is 25.4 Å². The van der Waals surface area contributed by atoms with Crippen molar-refractivity contribution < 1.29 is 22.7 Å². The summed E-state index contributed by atoms with van der Waals surface area (Å²) in [7, 11) is -2.14. The van der Waals surface area contributed by atoms with Gasteiger partial charge in [-0.2, -0.15) is 0 Å². The third kappa shape index (κ3) is 5.49. The SMILES string of the molecule is COc1ccc(N2CC(NC(=O)NCCc3ccc(S(N)(=O)=O)cc3)CC2=O)cc1. The van der Waals surface area contributed by atoms with E-state index in [1.165, 1.54) is 12.1 Å². The number of amides is 3. The Labute approximate surface area is 175 Å². The lowest BCUT2D eigenvalue weighted by molar-refractivity contribution is -0.117. The van der Waals surface area contributed by atoms with Crippen LogP contribution in [0.4, 0.5) is 10.5 Å². The number of hydrogen-bond donors (Lipinski definition) is 3. The number of hydrogen-bond acceptors (Lipinski definition) is 5. The molecular weight excluding hydrogens is 408 g/mol. The van der Waals surface area contributed by atoms with Gasteiger partial charge >= 0.3 is 6.03 Å². The minimum atomic E-state index is -3.72. The van der Waals surface area contributed by atoms with E-state index in [0.29, 0.717) is 25.3 Å². The Hall–Kier alpha value is -3.11. The minimum Gasteiger partial charge on any atom is -0.497 e. The summed E-state index contributed by atoms with van der Waals surface area (Å²) >= 11 is 0. The van der Waals surface area contributed by atoms with Crippen molar-refractivity contribution in [1.82, 2.24) is 10.6 Å². The molecule has 1 heterocycles. The average molecular weight is 433 g/mol. The van der Waals surface area contributed by atoms with Crippen molar-refractivity contribution in [2.75, 3.05) is 25.1 Å². The van der Waals surface area contributed by atoms with Crippen molar-refractivity contribution in [2.45, 2.75) is 23.8 Å². The lowest BCUT2D eigenvalue weighted by atomic mass is 10.1. The van der Waals surface area contributed by atoms with Gasteiger partial charge in [0, 0.05) is 25.2 Å². The van der Waals surface area contributed by atoms with E-state index in [4.69, 9.17) is 9.88 Å². The first-order chi connectivity index (χ1) is 14.3. The molecule has 1 atom stereocenters. The predicted octanol–water partition coefficient (Wildman–Crippen LogP) is 0.990. The Bertz CT molecular complexity index is 1010. The zero-order valence-corrected chi connectivity index (χ0v) is 17.3. The van der Waals surface area contributed by atoms with E-state index in [-0.39, 0.29) is 29.3 Å². The summed E-state index contributed by atoms with van der Waals surface area (Å²) in [4.78, 5) is 26.1. The second kappa shape index (κ2) is 9.14. The highest BCUT2D eigenvalue weighted by Gasteiger charge is 2.31.